The van der Waals surface area contributed by atoms with E-state index in [1.54, 1.807) is 24.4 Å². The molecule has 0 spiro atoms. The highest BCUT2D eigenvalue weighted by Crippen LogP contribution is 2.24. The molecule has 0 saturated carbocycles. The van der Waals surface area contributed by atoms with Crippen molar-refractivity contribution in [1.82, 2.24) is 4.98 Å². The van der Waals surface area contributed by atoms with Crippen LogP contribution in [0.4, 0.5) is 5.69 Å². The average molecular weight is 283 g/mol. The lowest BCUT2D eigenvalue weighted by molar-refractivity contribution is 0.603. The SMILES string of the molecule is Cc1ccncc1NS(=O)(=O)c1ccc(CN)s1. The third-order valence-electron chi connectivity index (χ3n) is 2.39. The lowest BCUT2D eigenvalue weighted by Gasteiger charge is -2.07. The maximum atomic E-state index is 12.1. The lowest BCUT2D eigenvalue weighted by atomic mass is 10.3. The summed E-state index contributed by atoms with van der Waals surface area (Å²) in [6.45, 7) is 2.16. The normalized spacial score (nSPS) is 11.4. The van der Waals surface area contributed by atoms with Gasteiger partial charge in [-0.05, 0) is 30.7 Å². The van der Waals surface area contributed by atoms with Gasteiger partial charge < -0.3 is 5.73 Å². The summed E-state index contributed by atoms with van der Waals surface area (Å²) in [6, 6.07) is 5.02. The van der Waals surface area contributed by atoms with Crippen molar-refractivity contribution in [3.63, 3.8) is 0 Å². The number of sulfonamides is 1. The Labute approximate surface area is 110 Å². The van der Waals surface area contributed by atoms with Crippen LogP contribution in [0.5, 0.6) is 0 Å². The number of rotatable bonds is 4. The lowest BCUT2D eigenvalue weighted by Crippen LogP contribution is -2.12. The zero-order valence-electron chi connectivity index (χ0n) is 9.75. The minimum absolute atomic E-state index is 0.256. The number of nitrogens with two attached hydrogens (primary N) is 1. The maximum absolute atomic E-state index is 12.1. The first-order valence-corrected chi connectivity index (χ1v) is 7.55. The van der Waals surface area contributed by atoms with E-state index in [1.807, 2.05) is 6.92 Å². The predicted octanol–water partition coefficient (Wildman–Crippen LogP) is 1.71. The van der Waals surface area contributed by atoms with Crippen molar-refractivity contribution in [2.45, 2.75) is 17.7 Å². The molecule has 0 atom stereocenters. The molecule has 0 aliphatic heterocycles. The van der Waals surface area contributed by atoms with E-state index < -0.39 is 10.0 Å². The van der Waals surface area contributed by atoms with Crippen LogP contribution in [-0.4, -0.2) is 13.4 Å². The summed E-state index contributed by atoms with van der Waals surface area (Å²) in [6.07, 6.45) is 3.11. The number of nitrogens with zero attached hydrogens (tertiary/aromatic N) is 1. The second-order valence-electron chi connectivity index (χ2n) is 3.72. The highest BCUT2D eigenvalue weighted by molar-refractivity contribution is 7.94. The number of thiophene rings is 1. The Morgan fingerprint density at radius 1 is 1.39 bits per heavy atom. The largest absolute Gasteiger partial charge is 0.326 e. The van der Waals surface area contributed by atoms with E-state index in [1.165, 1.54) is 17.5 Å². The van der Waals surface area contributed by atoms with Crippen LogP contribution in [0, 0.1) is 6.92 Å². The number of hydrogen-bond acceptors (Lipinski definition) is 5. The molecule has 2 aromatic rings. The molecule has 0 aromatic carbocycles. The smallest absolute Gasteiger partial charge is 0.271 e. The molecule has 18 heavy (non-hydrogen) atoms. The summed E-state index contributed by atoms with van der Waals surface area (Å²) in [5.41, 5.74) is 6.78. The molecule has 2 aromatic heterocycles. The van der Waals surface area contributed by atoms with Crippen LogP contribution in [0.25, 0.3) is 0 Å². The highest BCUT2D eigenvalue weighted by Gasteiger charge is 2.17. The molecule has 0 radical (unpaired) electrons. The first-order valence-electron chi connectivity index (χ1n) is 5.25. The summed E-state index contributed by atoms with van der Waals surface area (Å²) in [5.74, 6) is 0. The zero-order chi connectivity index (χ0) is 13.2. The van der Waals surface area contributed by atoms with Crippen LogP contribution in [-0.2, 0) is 16.6 Å². The van der Waals surface area contributed by atoms with Crippen LogP contribution in [0.3, 0.4) is 0 Å². The van der Waals surface area contributed by atoms with E-state index >= 15 is 0 Å². The molecule has 2 heterocycles. The summed E-state index contributed by atoms with van der Waals surface area (Å²) >= 11 is 1.17. The number of aromatic nitrogens is 1. The molecule has 5 nitrogen and oxygen atoms in total. The Balaban J connectivity index is 2.30. The highest BCUT2D eigenvalue weighted by atomic mass is 32.2. The van der Waals surface area contributed by atoms with Gasteiger partial charge in [0.15, 0.2) is 0 Å². The molecule has 7 heteroatoms. The number of hydrogen-bond donors (Lipinski definition) is 2. The molecule has 0 fully saturated rings. The molecule has 0 amide bonds. The van der Waals surface area contributed by atoms with Crippen molar-refractivity contribution >= 4 is 27.0 Å². The van der Waals surface area contributed by atoms with Crippen LogP contribution in [0.1, 0.15) is 10.4 Å². The fourth-order valence-corrected chi connectivity index (χ4v) is 3.73. The van der Waals surface area contributed by atoms with Crippen molar-refractivity contribution < 1.29 is 8.42 Å². The molecule has 96 valence electrons. The Kier molecular flexibility index (Phi) is 3.65. The molecular weight excluding hydrogens is 270 g/mol. The third-order valence-corrected chi connectivity index (χ3v) is 5.35. The standard InChI is InChI=1S/C11H13N3O2S2/c1-8-4-5-13-7-10(8)14-18(15,16)11-3-2-9(6-12)17-11/h2-5,7,14H,6,12H2,1H3. The molecule has 0 aliphatic carbocycles. The van der Waals surface area contributed by atoms with Gasteiger partial charge in [-0.3, -0.25) is 9.71 Å². The quantitative estimate of drug-likeness (QED) is 0.894. The first kappa shape index (κ1) is 13.0. The minimum Gasteiger partial charge on any atom is -0.326 e. The van der Waals surface area contributed by atoms with Crippen LogP contribution < -0.4 is 10.5 Å². The van der Waals surface area contributed by atoms with Gasteiger partial charge in [0.25, 0.3) is 10.0 Å². The second-order valence-corrected chi connectivity index (χ2v) is 6.80. The molecule has 0 aliphatic rings. The number of aryl methyl sites for hydroxylation is 1. The van der Waals surface area contributed by atoms with Crippen LogP contribution in [0.2, 0.25) is 0 Å². The van der Waals surface area contributed by atoms with Gasteiger partial charge in [-0.1, -0.05) is 0 Å². The monoisotopic (exact) mass is 283 g/mol. The molecule has 0 unspecified atom stereocenters. The average Bonchev–Trinajstić information content (AvgIpc) is 2.81. The van der Waals surface area contributed by atoms with Gasteiger partial charge in [0.2, 0.25) is 0 Å². The van der Waals surface area contributed by atoms with E-state index in [2.05, 4.69) is 9.71 Å². The second kappa shape index (κ2) is 5.05. The Morgan fingerprint density at radius 2 is 2.17 bits per heavy atom. The minimum atomic E-state index is -3.55. The molecular formula is C11H13N3O2S2. The Morgan fingerprint density at radius 3 is 2.78 bits per heavy atom. The number of anilines is 1. The van der Waals surface area contributed by atoms with Gasteiger partial charge in [-0.2, -0.15) is 0 Å². The maximum Gasteiger partial charge on any atom is 0.271 e. The Bertz CT molecular complexity index is 650. The van der Waals surface area contributed by atoms with Gasteiger partial charge >= 0.3 is 0 Å². The summed E-state index contributed by atoms with van der Waals surface area (Å²) in [7, 11) is -3.55. The Hall–Kier alpha value is -1.44. The summed E-state index contributed by atoms with van der Waals surface area (Å²) in [4.78, 5) is 4.73. The summed E-state index contributed by atoms with van der Waals surface area (Å²) < 4.78 is 27.0. The van der Waals surface area contributed by atoms with Crippen LogP contribution >= 0.6 is 11.3 Å². The zero-order valence-corrected chi connectivity index (χ0v) is 11.4. The van der Waals surface area contributed by atoms with Gasteiger partial charge in [-0.15, -0.1) is 11.3 Å². The molecule has 2 rings (SSSR count). The summed E-state index contributed by atoms with van der Waals surface area (Å²) in [5, 5.41) is 0. The van der Waals surface area contributed by atoms with Crippen molar-refractivity contribution in [2.75, 3.05) is 4.72 Å². The first-order chi connectivity index (χ1) is 8.53. The molecule has 0 saturated heterocycles. The van der Waals surface area contributed by atoms with E-state index in [0.717, 1.165) is 10.4 Å². The van der Waals surface area contributed by atoms with Gasteiger partial charge in [0.1, 0.15) is 4.21 Å². The third kappa shape index (κ3) is 2.69. The van der Waals surface area contributed by atoms with E-state index in [0.29, 0.717) is 12.2 Å². The van der Waals surface area contributed by atoms with E-state index in [4.69, 9.17) is 5.73 Å². The predicted molar refractivity (Wildman–Crippen MR) is 72.0 cm³/mol. The fourth-order valence-electron chi connectivity index (χ4n) is 1.38. The van der Waals surface area contributed by atoms with Gasteiger partial charge in [0, 0.05) is 17.6 Å². The number of nitrogens with one attached hydrogen (secondary N) is 1. The topological polar surface area (TPSA) is 85.1 Å². The van der Waals surface area contributed by atoms with Crippen molar-refractivity contribution in [3.05, 3.63) is 41.0 Å². The van der Waals surface area contributed by atoms with Crippen LogP contribution in [0.15, 0.2) is 34.8 Å². The molecule has 3 N–H and O–H groups in total. The van der Waals surface area contributed by atoms with Crippen molar-refractivity contribution in [1.29, 1.82) is 0 Å². The van der Waals surface area contributed by atoms with E-state index in [9.17, 15) is 8.42 Å². The molecule has 0 bridgehead atoms. The fraction of sp³-hybridized carbons (Fsp3) is 0.182. The van der Waals surface area contributed by atoms with Crippen molar-refractivity contribution in [2.24, 2.45) is 5.73 Å². The number of pyridine rings is 1. The van der Waals surface area contributed by atoms with Crippen molar-refractivity contribution in [3.8, 4) is 0 Å². The van der Waals surface area contributed by atoms with Gasteiger partial charge in [-0.25, -0.2) is 8.42 Å². The van der Waals surface area contributed by atoms with Gasteiger partial charge in [0.05, 0.1) is 11.9 Å². The van der Waals surface area contributed by atoms with E-state index in [-0.39, 0.29) is 4.21 Å².